The lowest BCUT2D eigenvalue weighted by Crippen LogP contribution is -2.17. The number of rotatable bonds is 5. The van der Waals surface area contributed by atoms with Gasteiger partial charge in [-0.15, -0.1) is 10.2 Å². The van der Waals surface area contributed by atoms with E-state index in [2.05, 4.69) is 28.3 Å². The van der Waals surface area contributed by atoms with E-state index < -0.39 is 0 Å². The molecule has 116 valence electrons. The summed E-state index contributed by atoms with van der Waals surface area (Å²) in [4.78, 5) is 6.56. The fourth-order valence-electron chi connectivity index (χ4n) is 2.47. The van der Waals surface area contributed by atoms with E-state index in [9.17, 15) is 0 Å². The van der Waals surface area contributed by atoms with Crippen LogP contribution in [-0.2, 0) is 0 Å². The van der Waals surface area contributed by atoms with Gasteiger partial charge in [-0.2, -0.15) is 4.98 Å². The Morgan fingerprint density at radius 1 is 1.35 bits per heavy atom. The van der Waals surface area contributed by atoms with Crippen molar-refractivity contribution in [3.63, 3.8) is 0 Å². The Morgan fingerprint density at radius 3 is 2.87 bits per heavy atom. The van der Waals surface area contributed by atoms with E-state index in [1.165, 1.54) is 0 Å². The lowest BCUT2D eigenvalue weighted by Gasteiger charge is -2.21. The summed E-state index contributed by atoms with van der Waals surface area (Å²) in [6, 6.07) is 5.82. The second kappa shape index (κ2) is 5.92. The molecule has 1 aromatic carbocycles. The molecule has 0 saturated heterocycles. The second-order valence-electron chi connectivity index (χ2n) is 4.91. The average Bonchev–Trinajstić information content (AvgIpc) is 3.06. The fraction of sp³-hybridized carbons (Fsp3) is 0.118. The molecule has 6 nitrogen and oxygen atoms in total. The van der Waals surface area contributed by atoms with Crippen LogP contribution in [-0.4, -0.2) is 33.7 Å². The number of aromatic nitrogens is 4. The number of likely N-dealkylation sites (N-methyl/N-ethyl adjacent to an activating group) is 1. The molecule has 0 aliphatic heterocycles. The van der Waals surface area contributed by atoms with Crippen LogP contribution in [0.25, 0.3) is 16.7 Å². The first-order valence-electron chi connectivity index (χ1n) is 7.06. The lowest BCUT2D eigenvalue weighted by molar-refractivity contribution is 0.415. The predicted molar refractivity (Wildman–Crippen MR) is 91.7 cm³/mol. The second-order valence-corrected chi connectivity index (χ2v) is 4.91. The molecule has 0 radical (unpaired) electrons. The molecule has 0 amide bonds. The van der Waals surface area contributed by atoms with Gasteiger partial charge in [0, 0.05) is 24.2 Å². The molecule has 0 spiro atoms. The molecule has 0 unspecified atom stereocenters. The number of methoxy groups -OCH3 is 1. The molecule has 2 heterocycles. The number of hydrogen-bond donors (Lipinski definition) is 0. The topological polar surface area (TPSA) is 55.6 Å². The summed E-state index contributed by atoms with van der Waals surface area (Å²) < 4.78 is 7.16. The van der Waals surface area contributed by atoms with Crippen molar-refractivity contribution >= 4 is 22.5 Å². The van der Waals surface area contributed by atoms with Crippen molar-refractivity contribution in [3.8, 4) is 5.75 Å². The minimum absolute atomic E-state index is 0.523. The molecule has 6 heteroatoms. The van der Waals surface area contributed by atoms with Crippen LogP contribution in [0.15, 0.2) is 61.6 Å². The smallest absolute Gasteiger partial charge is 0.257 e. The molecule has 0 aliphatic carbocycles. The molecule has 0 atom stereocenters. The van der Waals surface area contributed by atoms with Gasteiger partial charge in [0.2, 0.25) is 0 Å². The van der Waals surface area contributed by atoms with Crippen molar-refractivity contribution in [2.75, 3.05) is 19.1 Å². The van der Waals surface area contributed by atoms with Crippen molar-refractivity contribution in [2.24, 2.45) is 0 Å². The number of benzene rings is 1. The van der Waals surface area contributed by atoms with Gasteiger partial charge in [-0.05, 0) is 24.3 Å². The summed E-state index contributed by atoms with van der Waals surface area (Å²) in [6.07, 6.45) is 6.99. The average molecular weight is 307 g/mol. The zero-order valence-electron chi connectivity index (χ0n) is 13.1. The van der Waals surface area contributed by atoms with E-state index in [4.69, 9.17) is 4.74 Å². The maximum atomic E-state index is 5.33. The molecule has 0 saturated carbocycles. The van der Waals surface area contributed by atoms with E-state index in [1.807, 2.05) is 40.6 Å². The Morgan fingerprint density at radius 2 is 2.17 bits per heavy atom. The van der Waals surface area contributed by atoms with Gasteiger partial charge in [0.25, 0.3) is 5.78 Å². The van der Waals surface area contributed by atoms with Crippen molar-refractivity contribution in [1.82, 2.24) is 19.6 Å². The standard InChI is InChI=1S/C17H17N5O/c1-5-7-12(6-2)21(3)16-14-9-8-13(23-4)10-15(14)22-11-18-20-17(22)19-16/h5-11H,1-2H2,3-4H3/b12-7+. The molecule has 23 heavy (non-hydrogen) atoms. The number of nitrogens with zero attached hydrogens (tertiary/aromatic N) is 5. The summed E-state index contributed by atoms with van der Waals surface area (Å²) in [7, 11) is 3.57. The monoisotopic (exact) mass is 307 g/mol. The highest BCUT2D eigenvalue weighted by molar-refractivity contribution is 5.93. The maximum absolute atomic E-state index is 5.33. The van der Waals surface area contributed by atoms with Crippen molar-refractivity contribution in [3.05, 3.63) is 61.6 Å². The van der Waals surface area contributed by atoms with Crippen LogP contribution in [0, 0.1) is 0 Å². The van der Waals surface area contributed by atoms with Gasteiger partial charge in [-0.1, -0.05) is 19.2 Å². The van der Waals surface area contributed by atoms with Crippen molar-refractivity contribution in [2.45, 2.75) is 0 Å². The first-order chi connectivity index (χ1) is 11.2. The van der Waals surface area contributed by atoms with Crippen molar-refractivity contribution < 1.29 is 4.74 Å². The first-order valence-corrected chi connectivity index (χ1v) is 7.06. The molecule has 0 fully saturated rings. The molecular weight excluding hydrogens is 290 g/mol. The summed E-state index contributed by atoms with van der Waals surface area (Å²) in [6.45, 7) is 7.58. The first kappa shape index (κ1) is 14.8. The van der Waals surface area contributed by atoms with E-state index in [1.54, 1.807) is 25.6 Å². The van der Waals surface area contributed by atoms with E-state index in [-0.39, 0.29) is 0 Å². The fourth-order valence-corrected chi connectivity index (χ4v) is 2.47. The summed E-state index contributed by atoms with van der Waals surface area (Å²) >= 11 is 0. The molecule has 2 aromatic heterocycles. The van der Waals surface area contributed by atoms with Gasteiger partial charge in [0.05, 0.1) is 12.6 Å². The highest BCUT2D eigenvalue weighted by atomic mass is 16.5. The SMILES string of the molecule is C=C/C=C(\C=C)N(C)c1nc2nncn2c2cc(OC)ccc12. The highest BCUT2D eigenvalue weighted by Crippen LogP contribution is 2.30. The third kappa shape index (κ3) is 2.44. The van der Waals surface area contributed by atoms with E-state index in [0.29, 0.717) is 5.78 Å². The molecule has 0 N–H and O–H groups in total. The quantitative estimate of drug-likeness (QED) is 0.678. The lowest BCUT2D eigenvalue weighted by atomic mass is 10.2. The Labute approximate surface area is 134 Å². The molecule has 3 rings (SSSR count). The molecule has 3 aromatic rings. The Bertz CT molecular complexity index is 925. The third-order valence-electron chi connectivity index (χ3n) is 3.64. The minimum atomic E-state index is 0.523. The zero-order valence-corrected chi connectivity index (χ0v) is 13.1. The van der Waals surface area contributed by atoms with Crippen LogP contribution in [0.2, 0.25) is 0 Å². The van der Waals surface area contributed by atoms with Gasteiger partial charge in [0.15, 0.2) is 0 Å². The largest absolute Gasteiger partial charge is 0.497 e. The minimum Gasteiger partial charge on any atom is -0.497 e. The number of fused-ring (bicyclic) bond motifs is 3. The van der Waals surface area contributed by atoms with E-state index in [0.717, 1.165) is 28.2 Å². The van der Waals surface area contributed by atoms with Gasteiger partial charge >= 0.3 is 0 Å². The van der Waals surface area contributed by atoms with Crippen molar-refractivity contribution in [1.29, 1.82) is 0 Å². The summed E-state index contributed by atoms with van der Waals surface area (Å²) in [5.74, 6) is 2.05. The number of allylic oxidation sites excluding steroid dienone is 3. The summed E-state index contributed by atoms with van der Waals surface area (Å²) in [5, 5.41) is 8.97. The number of anilines is 1. The van der Waals surface area contributed by atoms with Crippen LogP contribution >= 0.6 is 0 Å². The Balaban J connectivity index is 2.32. The summed E-state index contributed by atoms with van der Waals surface area (Å²) in [5.41, 5.74) is 1.80. The zero-order chi connectivity index (χ0) is 16.4. The predicted octanol–water partition coefficient (Wildman–Crippen LogP) is 2.98. The Hall–Kier alpha value is -3.15. The third-order valence-corrected chi connectivity index (χ3v) is 3.64. The number of hydrogen-bond acceptors (Lipinski definition) is 5. The Kier molecular flexibility index (Phi) is 3.80. The van der Waals surface area contributed by atoms with Crippen LogP contribution in [0.3, 0.4) is 0 Å². The molecule has 0 bridgehead atoms. The normalized spacial score (nSPS) is 11.7. The van der Waals surface area contributed by atoms with Crippen LogP contribution in [0.5, 0.6) is 5.75 Å². The van der Waals surface area contributed by atoms with Crippen LogP contribution in [0.4, 0.5) is 5.82 Å². The van der Waals surface area contributed by atoms with Gasteiger partial charge in [0.1, 0.15) is 17.9 Å². The maximum Gasteiger partial charge on any atom is 0.257 e. The van der Waals surface area contributed by atoms with Gasteiger partial charge in [-0.25, -0.2) is 0 Å². The van der Waals surface area contributed by atoms with Crippen LogP contribution in [0.1, 0.15) is 0 Å². The van der Waals surface area contributed by atoms with Gasteiger partial charge < -0.3 is 9.64 Å². The molecule has 0 aliphatic rings. The highest BCUT2D eigenvalue weighted by Gasteiger charge is 2.15. The molecular formula is C17H17N5O. The number of ether oxygens (including phenoxy) is 1. The van der Waals surface area contributed by atoms with E-state index >= 15 is 0 Å². The van der Waals surface area contributed by atoms with Gasteiger partial charge in [-0.3, -0.25) is 4.40 Å². The van der Waals surface area contributed by atoms with Crippen LogP contribution < -0.4 is 9.64 Å².